The number of benzene rings is 1. The van der Waals surface area contributed by atoms with E-state index in [0.29, 0.717) is 24.1 Å². The van der Waals surface area contributed by atoms with Gasteiger partial charge in [-0.1, -0.05) is 31.0 Å². The van der Waals surface area contributed by atoms with Crippen LogP contribution < -0.4 is 15.1 Å². The molecule has 2 aromatic rings. The quantitative estimate of drug-likeness (QED) is 0.800. The number of anilines is 3. The predicted molar refractivity (Wildman–Crippen MR) is 117 cm³/mol. The van der Waals surface area contributed by atoms with E-state index < -0.39 is 5.41 Å². The molecule has 1 N–H and O–H groups in total. The van der Waals surface area contributed by atoms with E-state index in [0.717, 1.165) is 24.3 Å². The van der Waals surface area contributed by atoms with Crippen LogP contribution in [0.3, 0.4) is 0 Å². The van der Waals surface area contributed by atoms with Crippen molar-refractivity contribution in [2.45, 2.75) is 58.5 Å². The maximum absolute atomic E-state index is 14.2. The van der Waals surface area contributed by atoms with Gasteiger partial charge in [-0.15, -0.1) is 0 Å². The summed E-state index contributed by atoms with van der Waals surface area (Å²) in [6.45, 7) is 6.49. The van der Waals surface area contributed by atoms with Gasteiger partial charge in [0.15, 0.2) is 5.82 Å². The monoisotopic (exact) mass is 411 g/mol. The van der Waals surface area contributed by atoms with Crippen molar-refractivity contribution in [1.82, 2.24) is 9.97 Å². The maximum atomic E-state index is 14.2. The van der Waals surface area contributed by atoms with E-state index in [4.69, 9.17) is 4.98 Å². The molecule has 30 heavy (non-hydrogen) atoms. The van der Waals surface area contributed by atoms with E-state index in [9.17, 15) is 9.18 Å². The number of carbonyl (C=O) groups excluding carboxylic acids is 1. The van der Waals surface area contributed by atoms with E-state index in [1.54, 1.807) is 30.3 Å². The largest absolute Gasteiger partial charge is 0.351 e. The standard InChI is InChI=1S/C23H30FN5O/c1-15(17-11-7-8-12-18(17)24)26-22-25-13-19-20(27-22)29(16-9-5-6-10-16)14-23(2,3)21(30)28(19)4/h7-8,11-13,15-16H,5-6,9-10,14H2,1-4H3,(H,25,26,27)/t15-/m1/s1. The Balaban J connectivity index is 1.71. The van der Waals surface area contributed by atoms with E-state index in [2.05, 4.69) is 15.2 Å². The zero-order valence-corrected chi connectivity index (χ0v) is 18.2. The summed E-state index contributed by atoms with van der Waals surface area (Å²) in [4.78, 5) is 26.3. The fourth-order valence-electron chi connectivity index (χ4n) is 4.63. The van der Waals surface area contributed by atoms with Crippen LogP contribution in [0.1, 0.15) is 58.1 Å². The minimum atomic E-state index is -0.522. The molecule has 1 amide bonds. The topological polar surface area (TPSA) is 61.4 Å². The molecule has 0 radical (unpaired) electrons. The lowest BCUT2D eigenvalue weighted by Crippen LogP contribution is -2.45. The fourth-order valence-corrected chi connectivity index (χ4v) is 4.63. The molecule has 0 unspecified atom stereocenters. The first kappa shape index (κ1) is 20.6. The second-order valence-corrected chi connectivity index (χ2v) is 9.10. The van der Waals surface area contributed by atoms with Crippen molar-refractivity contribution in [3.63, 3.8) is 0 Å². The Bertz CT molecular complexity index is 941. The first-order valence-electron chi connectivity index (χ1n) is 10.7. The highest BCUT2D eigenvalue weighted by atomic mass is 19.1. The van der Waals surface area contributed by atoms with Crippen molar-refractivity contribution in [3.8, 4) is 0 Å². The van der Waals surface area contributed by atoms with Gasteiger partial charge in [0.25, 0.3) is 0 Å². The summed E-state index contributed by atoms with van der Waals surface area (Å²) in [5, 5.41) is 3.24. The third-order valence-electron chi connectivity index (χ3n) is 6.32. The van der Waals surface area contributed by atoms with Gasteiger partial charge in [-0.05, 0) is 39.7 Å². The molecular formula is C23H30FN5O. The van der Waals surface area contributed by atoms with E-state index >= 15 is 0 Å². The van der Waals surface area contributed by atoms with E-state index in [-0.39, 0.29) is 17.8 Å². The molecule has 0 bridgehead atoms. The third-order valence-corrected chi connectivity index (χ3v) is 6.32. The van der Waals surface area contributed by atoms with Crippen molar-refractivity contribution in [1.29, 1.82) is 0 Å². The normalized spacial score (nSPS) is 20.1. The number of halogens is 1. The molecule has 4 rings (SSSR count). The SMILES string of the molecule is C[C@@H](Nc1ncc2c(n1)N(C1CCCC1)CC(C)(C)C(=O)N2C)c1ccccc1F. The summed E-state index contributed by atoms with van der Waals surface area (Å²) in [7, 11) is 1.79. The Hall–Kier alpha value is -2.70. The van der Waals surface area contributed by atoms with E-state index in [1.165, 1.54) is 18.9 Å². The molecule has 1 aliphatic carbocycles. The Morgan fingerprint density at radius 2 is 1.93 bits per heavy atom. The first-order valence-corrected chi connectivity index (χ1v) is 10.7. The van der Waals surface area contributed by atoms with Crippen LogP contribution >= 0.6 is 0 Å². The summed E-state index contributed by atoms with van der Waals surface area (Å²) in [6, 6.07) is 6.80. The molecule has 6 nitrogen and oxygen atoms in total. The summed E-state index contributed by atoms with van der Waals surface area (Å²) in [6.07, 6.45) is 6.31. The fraction of sp³-hybridized carbons (Fsp3) is 0.522. The number of fused-ring (bicyclic) bond motifs is 1. The van der Waals surface area contributed by atoms with Crippen molar-refractivity contribution in [2.24, 2.45) is 5.41 Å². The number of rotatable bonds is 4. The average Bonchev–Trinajstić information content (AvgIpc) is 3.23. The smallest absolute Gasteiger partial charge is 0.234 e. The highest BCUT2D eigenvalue weighted by Crippen LogP contribution is 2.40. The number of amides is 1. The Kier molecular flexibility index (Phi) is 5.38. The minimum Gasteiger partial charge on any atom is -0.351 e. The van der Waals surface area contributed by atoms with Gasteiger partial charge < -0.3 is 15.1 Å². The van der Waals surface area contributed by atoms with Gasteiger partial charge in [0.05, 0.1) is 17.7 Å². The van der Waals surface area contributed by atoms with Gasteiger partial charge in [-0.3, -0.25) is 4.79 Å². The summed E-state index contributed by atoms with van der Waals surface area (Å²) in [5.74, 6) is 1.02. The number of aromatic nitrogens is 2. The number of carbonyl (C=O) groups is 1. The van der Waals surface area contributed by atoms with Crippen LogP contribution in [0.15, 0.2) is 30.5 Å². The van der Waals surface area contributed by atoms with Crippen molar-refractivity contribution in [3.05, 3.63) is 41.8 Å². The van der Waals surface area contributed by atoms with Crippen LogP contribution in [0, 0.1) is 11.2 Å². The molecule has 2 heterocycles. The average molecular weight is 412 g/mol. The lowest BCUT2D eigenvalue weighted by atomic mass is 9.91. The molecule has 1 aromatic carbocycles. The molecule has 7 heteroatoms. The molecule has 1 atom stereocenters. The Morgan fingerprint density at radius 1 is 1.23 bits per heavy atom. The molecule has 0 saturated heterocycles. The van der Waals surface area contributed by atoms with Gasteiger partial charge in [-0.25, -0.2) is 9.37 Å². The molecule has 1 aromatic heterocycles. The number of hydrogen-bond donors (Lipinski definition) is 1. The zero-order valence-electron chi connectivity index (χ0n) is 18.2. The molecule has 1 aliphatic heterocycles. The Morgan fingerprint density at radius 3 is 2.63 bits per heavy atom. The highest BCUT2D eigenvalue weighted by molar-refractivity contribution is 6.00. The summed E-state index contributed by atoms with van der Waals surface area (Å²) < 4.78 is 14.2. The second-order valence-electron chi connectivity index (χ2n) is 9.10. The van der Waals surface area contributed by atoms with Gasteiger partial charge in [0, 0.05) is 25.2 Å². The van der Waals surface area contributed by atoms with Crippen LogP contribution in [-0.2, 0) is 4.79 Å². The van der Waals surface area contributed by atoms with Gasteiger partial charge in [0.1, 0.15) is 11.5 Å². The van der Waals surface area contributed by atoms with Crippen LogP contribution in [-0.4, -0.2) is 35.5 Å². The Labute approximate surface area is 177 Å². The lowest BCUT2D eigenvalue weighted by Gasteiger charge is -2.34. The molecule has 1 fully saturated rings. The number of hydrogen-bond acceptors (Lipinski definition) is 5. The number of nitrogens with zero attached hydrogens (tertiary/aromatic N) is 4. The predicted octanol–water partition coefficient (Wildman–Crippen LogP) is 4.54. The van der Waals surface area contributed by atoms with Crippen LogP contribution in [0.2, 0.25) is 0 Å². The highest BCUT2D eigenvalue weighted by Gasteiger charge is 2.41. The van der Waals surface area contributed by atoms with E-state index in [1.807, 2.05) is 26.8 Å². The van der Waals surface area contributed by atoms with Crippen molar-refractivity contribution in [2.75, 3.05) is 28.7 Å². The molecule has 1 saturated carbocycles. The van der Waals surface area contributed by atoms with Crippen LogP contribution in [0.25, 0.3) is 0 Å². The molecular weight excluding hydrogens is 381 g/mol. The van der Waals surface area contributed by atoms with Gasteiger partial charge in [-0.2, -0.15) is 4.98 Å². The van der Waals surface area contributed by atoms with Crippen LogP contribution in [0.5, 0.6) is 0 Å². The van der Waals surface area contributed by atoms with Crippen molar-refractivity contribution >= 4 is 23.4 Å². The number of nitrogens with one attached hydrogen (secondary N) is 1. The third kappa shape index (κ3) is 3.73. The van der Waals surface area contributed by atoms with Crippen LogP contribution in [0.4, 0.5) is 21.8 Å². The van der Waals surface area contributed by atoms with Crippen molar-refractivity contribution < 1.29 is 9.18 Å². The molecule has 160 valence electrons. The molecule has 0 spiro atoms. The second kappa shape index (κ2) is 7.85. The van der Waals surface area contributed by atoms with Gasteiger partial charge in [0.2, 0.25) is 11.9 Å². The molecule has 2 aliphatic rings. The zero-order chi connectivity index (χ0) is 21.5. The first-order chi connectivity index (χ1) is 14.3. The van der Waals surface area contributed by atoms with Gasteiger partial charge >= 0.3 is 0 Å². The summed E-state index contributed by atoms with van der Waals surface area (Å²) in [5.41, 5.74) is 0.769. The maximum Gasteiger partial charge on any atom is 0.234 e. The summed E-state index contributed by atoms with van der Waals surface area (Å²) >= 11 is 0. The minimum absolute atomic E-state index is 0.0632. The lowest BCUT2D eigenvalue weighted by molar-refractivity contribution is -0.125.